The maximum atomic E-state index is 13.2. The first kappa shape index (κ1) is 23.2. The van der Waals surface area contributed by atoms with Gasteiger partial charge in [0.15, 0.2) is 0 Å². The first-order valence-electron chi connectivity index (χ1n) is 11.3. The lowest BCUT2D eigenvalue weighted by Gasteiger charge is -2.24. The van der Waals surface area contributed by atoms with Crippen molar-refractivity contribution >= 4 is 23.5 Å². The second kappa shape index (κ2) is 8.78. The van der Waals surface area contributed by atoms with Crippen LogP contribution in [0, 0.1) is 0 Å². The molecule has 4 rings (SSSR count). The summed E-state index contributed by atoms with van der Waals surface area (Å²) >= 11 is 0. The van der Waals surface area contributed by atoms with E-state index in [1.54, 1.807) is 19.1 Å². The lowest BCUT2D eigenvalue weighted by Crippen LogP contribution is -2.42. The summed E-state index contributed by atoms with van der Waals surface area (Å²) in [5.74, 6) is -0.890. The highest BCUT2D eigenvalue weighted by molar-refractivity contribution is 6.10. The summed E-state index contributed by atoms with van der Waals surface area (Å²) in [5.41, 5.74) is 3.27. The van der Waals surface area contributed by atoms with E-state index in [0.717, 1.165) is 21.6 Å². The van der Waals surface area contributed by atoms with Crippen LogP contribution >= 0.6 is 0 Å². The van der Waals surface area contributed by atoms with Crippen LogP contribution in [0.15, 0.2) is 78.9 Å². The molecule has 1 aliphatic heterocycles. The lowest BCUT2D eigenvalue weighted by molar-refractivity contribution is -0.133. The normalized spacial score (nSPS) is 18.1. The van der Waals surface area contributed by atoms with Gasteiger partial charge in [0.2, 0.25) is 5.91 Å². The van der Waals surface area contributed by atoms with Crippen molar-refractivity contribution < 1.29 is 14.4 Å². The van der Waals surface area contributed by atoms with Gasteiger partial charge in [-0.3, -0.25) is 14.5 Å². The summed E-state index contributed by atoms with van der Waals surface area (Å²) in [7, 11) is 0. The van der Waals surface area contributed by atoms with Crippen molar-refractivity contribution in [3.8, 4) is 11.1 Å². The Hall–Kier alpha value is -3.93. The number of hydrogen-bond donors (Lipinski definition) is 2. The second-order valence-corrected chi connectivity index (χ2v) is 9.77. The highest BCUT2D eigenvalue weighted by Crippen LogP contribution is 2.31. The first-order chi connectivity index (χ1) is 16.1. The predicted molar refractivity (Wildman–Crippen MR) is 133 cm³/mol. The fourth-order valence-electron chi connectivity index (χ4n) is 4.06. The van der Waals surface area contributed by atoms with E-state index < -0.39 is 23.4 Å². The van der Waals surface area contributed by atoms with E-state index in [1.807, 2.05) is 66.7 Å². The second-order valence-electron chi connectivity index (χ2n) is 9.77. The van der Waals surface area contributed by atoms with Crippen molar-refractivity contribution in [2.24, 2.45) is 0 Å². The molecule has 1 aliphatic rings. The molecular weight excluding hydrogens is 426 g/mol. The van der Waals surface area contributed by atoms with Crippen molar-refractivity contribution in [2.45, 2.75) is 38.6 Å². The molecule has 1 unspecified atom stereocenters. The molecule has 0 aromatic heterocycles. The number of imide groups is 1. The summed E-state index contributed by atoms with van der Waals surface area (Å²) in [6.07, 6.45) is 0. The molecule has 1 saturated heterocycles. The largest absolute Gasteiger partial charge is 0.325 e. The van der Waals surface area contributed by atoms with Crippen LogP contribution in [0.1, 0.15) is 38.8 Å². The molecule has 2 N–H and O–H groups in total. The maximum absolute atomic E-state index is 13.2. The Morgan fingerprint density at radius 2 is 1.47 bits per heavy atom. The van der Waals surface area contributed by atoms with E-state index in [-0.39, 0.29) is 12.0 Å². The predicted octanol–water partition coefficient (Wildman–Crippen LogP) is 5.06. The maximum Gasteiger partial charge on any atom is 0.325 e. The van der Waals surface area contributed by atoms with E-state index >= 15 is 0 Å². The fraction of sp³-hybridized carbons (Fsp3) is 0.250. The van der Waals surface area contributed by atoms with Crippen LogP contribution in [0.3, 0.4) is 0 Å². The number of urea groups is 1. The third-order valence-electron chi connectivity index (χ3n) is 6.18. The van der Waals surface area contributed by atoms with Crippen molar-refractivity contribution in [3.05, 3.63) is 90.0 Å². The Balaban J connectivity index is 1.43. The van der Waals surface area contributed by atoms with Gasteiger partial charge in [-0.15, -0.1) is 0 Å². The number of nitrogens with zero attached hydrogens (tertiary/aromatic N) is 1. The average Bonchev–Trinajstić information content (AvgIpc) is 3.03. The summed E-state index contributed by atoms with van der Waals surface area (Å²) < 4.78 is 0. The van der Waals surface area contributed by atoms with Crippen LogP contribution in [-0.4, -0.2) is 29.3 Å². The molecule has 1 heterocycles. The molecule has 3 aromatic carbocycles. The molecule has 3 aromatic rings. The van der Waals surface area contributed by atoms with Crippen LogP contribution in [-0.2, 0) is 20.5 Å². The molecule has 34 heavy (non-hydrogen) atoms. The van der Waals surface area contributed by atoms with E-state index in [0.29, 0.717) is 11.3 Å². The minimum absolute atomic E-state index is 0.0220. The van der Waals surface area contributed by atoms with E-state index in [1.165, 1.54) is 0 Å². The van der Waals surface area contributed by atoms with E-state index in [2.05, 4.69) is 31.4 Å². The number of carbonyl (C=O) groups excluding carboxylic acids is 3. The third-order valence-corrected chi connectivity index (χ3v) is 6.18. The Morgan fingerprint density at radius 3 is 2.06 bits per heavy atom. The highest BCUT2D eigenvalue weighted by atomic mass is 16.2. The quantitative estimate of drug-likeness (QED) is 0.528. The van der Waals surface area contributed by atoms with Crippen LogP contribution < -0.4 is 10.6 Å². The number of amides is 4. The number of rotatable bonds is 5. The zero-order valence-electron chi connectivity index (χ0n) is 19.9. The van der Waals surface area contributed by atoms with Crippen LogP contribution in [0.2, 0.25) is 0 Å². The molecule has 0 spiro atoms. The van der Waals surface area contributed by atoms with Crippen LogP contribution in [0.5, 0.6) is 0 Å². The van der Waals surface area contributed by atoms with Gasteiger partial charge in [-0.2, -0.15) is 0 Å². The molecule has 174 valence electrons. The molecule has 0 bridgehead atoms. The van der Waals surface area contributed by atoms with Gasteiger partial charge < -0.3 is 10.6 Å². The van der Waals surface area contributed by atoms with Gasteiger partial charge in [-0.1, -0.05) is 87.5 Å². The van der Waals surface area contributed by atoms with Gasteiger partial charge in [0.05, 0.1) is 0 Å². The Kier molecular flexibility index (Phi) is 6.00. The standard InChI is InChI=1S/C28H29N3O3/c1-27(2,3)21-12-14-22(15-13-21)28(4)25(33)31(26(34)30-28)18-24(32)29-23-16-10-20(11-17-23)19-8-6-5-7-9-19/h5-17H,18H2,1-4H3,(H,29,32)(H,30,34). The zero-order chi connectivity index (χ0) is 24.5. The SMILES string of the molecule is CC(C)(C)c1ccc(C2(C)NC(=O)N(CC(=O)Nc3ccc(-c4ccccc4)cc3)C2=O)cc1. The van der Waals surface area contributed by atoms with Gasteiger partial charge in [0.1, 0.15) is 12.1 Å². The van der Waals surface area contributed by atoms with Crippen molar-refractivity contribution in [3.63, 3.8) is 0 Å². The number of carbonyl (C=O) groups is 3. The molecular formula is C28H29N3O3. The smallest absolute Gasteiger partial charge is 0.325 e. The van der Waals surface area contributed by atoms with Gasteiger partial charge in [0.25, 0.3) is 5.91 Å². The number of hydrogen-bond acceptors (Lipinski definition) is 3. The molecule has 6 heteroatoms. The Bertz CT molecular complexity index is 1210. The number of benzene rings is 3. The summed E-state index contributed by atoms with van der Waals surface area (Å²) in [4.78, 5) is 39.4. The van der Waals surface area contributed by atoms with Crippen LogP contribution in [0.25, 0.3) is 11.1 Å². The monoisotopic (exact) mass is 455 g/mol. The molecule has 0 saturated carbocycles. The molecule has 0 radical (unpaired) electrons. The van der Waals surface area contributed by atoms with Crippen molar-refractivity contribution in [2.75, 3.05) is 11.9 Å². The molecule has 4 amide bonds. The topological polar surface area (TPSA) is 78.5 Å². The van der Waals surface area contributed by atoms with Crippen LogP contribution in [0.4, 0.5) is 10.5 Å². The molecule has 1 atom stereocenters. The minimum atomic E-state index is -1.22. The van der Waals surface area contributed by atoms with Gasteiger partial charge in [0, 0.05) is 5.69 Å². The number of anilines is 1. The van der Waals surface area contributed by atoms with E-state index in [9.17, 15) is 14.4 Å². The summed E-state index contributed by atoms with van der Waals surface area (Å²) in [6.45, 7) is 7.64. The molecule has 1 fully saturated rings. The van der Waals surface area contributed by atoms with E-state index in [4.69, 9.17) is 0 Å². The Labute approximate surface area is 200 Å². The first-order valence-corrected chi connectivity index (χ1v) is 11.3. The van der Waals surface area contributed by atoms with Crippen molar-refractivity contribution in [1.82, 2.24) is 10.2 Å². The average molecular weight is 456 g/mol. The van der Waals surface area contributed by atoms with Gasteiger partial charge >= 0.3 is 6.03 Å². The van der Waals surface area contributed by atoms with Crippen molar-refractivity contribution in [1.29, 1.82) is 0 Å². The Morgan fingerprint density at radius 1 is 0.882 bits per heavy atom. The number of nitrogens with one attached hydrogen (secondary N) is 2. The summed E-state index contributed by atoms with van der Waals surface area (Å²) in [5, 5.41) is 5.52. The molecule has 6 nitrogen and oxygen atoms in total. The third kappa shape index (κ3) is 4.57. The fourth-order valence-corrected chi connectivity index (χ4v) is 4.06. The van der Waals surface area contributed by atoms with Gasteiger partial charge in [-0.25, -0.2) is 4.79 Å². The highest BCUT2D eigenvalue weighted by Gasteiger charge is 2.49. The zero-order valence-corrected chi connectivity index (χ0v) is 19.9. The van der Waals surface area contributed by atoms with Gasteiger partial charge in [-0.05, 0) is 46.7 Å². The lowest BCUT2D eigenvalue weighted by atomic mass is 9.84. The molecule has 0 aliphatic carbocycles. The summed E-state index contributed by atoms with van der Waals surface area (Å²) in [6, 6.07) is 24.4. The minimum Gasteiger partial charge on any atom is -0.325 e.